The van der Waals surface area contributed by atoms with Crippen LogP contribution < -0.4 is 0 Å². The quantitative estimate of drug-likeness (QED) is 0.620. The standard InChI is InChI=1S/C8H5IN4O/c9-13-2-7(12-5-13)6-1-10-4-11-8(6)3-14/h1-5H. The van der Waals surface area contributed by atoms with E-state index in [1.54, 1.807) is 21.5 Å². The normalized spacial score (nSPS) is 10.1. The first-order chi connectivity index (χ1) is 6.81. The van der Waals surface area contributed by atoms with Crippen molar-refractivity contribution in [3.63, 3.8) is 0 Å². The van der Waals surface area contributed by atoms with Gasteiger partial charge in [-0.05, 0) is 0 Å². The van der Waals surface area contributed by atoms with Crippen molar-refractivity contribution in [3.8, 4) is 11.3 Å². The summed E-state index contributed by atoms with van der Waals surface area (Å²) in [4.78, 5) is 22.5. The fourth-order valence-corrected chi connectivity index (χ4v) is 1.46. The van der Waals surface area contributed by atoms with Crippen LogP contribution in [0.3, 0.4) is 0 Å². The Kier molecular flexibility index (Phi) is 2.53. The molecule has 0 bridgehead atoms. The Morgan fingerprint density at radius 1 is 1.43 bits per heavy atom. The van der Waals surface area contributed by atoms with Crippen LogP contribution in [-0.4, -0.2) is 24.0 Å². The fraction of sp³-hybridized carbons (Fsp3) is 0. The maximum atomic E-state index is 10.7. The number of carbonyl (C=O) groups is 1. The molecule has 0 N–H and O–H groups in total. The second-order valence-electron chi connectivity index (χ2n) is 2.54. The smallest absolute Gasteiger partial charge is 0.169 e. The van der Waals surface area contributed by atoms with Crippen LogP contribution in [0.15, 0.2) is 25.0 Å². The number of hydrogen-bond acceptors (Lipinski definition) is 4. The molecule has 2 heterocycles. The highest BCUT2D eigenvalue weighted by molar-refractivity contribution is 14.1. The van der Waals surface area contributed by atoms with Gasteiger partial charge in [-0.1, -0.05) is 0 Å². The van der Waals surface area contributed by atoms with Gasteiger partial charge in [-0.2, -0.15) is 0 Å². The van der Waals surface area contributed by atoms with Crippen LogP contribution in [-0.2, 0) is 0 Å². The predicted octanol–water partition coefficient (Wildman–Crippen LogP) is 1.35. The molecule has 0 aliphatic rings. The van der Waals surface area contributed by atoms with Crippen molar-refractivity contribution in [1.29, 1.82) is 0 Å². The van der Waals surface area contributed by atoms with Gasteiger partial charge in [0.25, 0.3) is 0 Å². The zero-order chi connectivity index (χ0) is 9.97. The van der Waals surface area contributed by atoms with Gasteiger partial charge in [0, 0.05) is 18.0 Å². The van der Waals surface area contributed by atoms with Gasteiger partial charge in [0.05, 0.1) is 28.6 Å². The largest absolute Gasteiger partial charge is 0.296 e. The van der Waals surface area contributed by atoms with Crippen molar-refractivity contribution in [3.05, 3.63) is 30.7 Å². The van der Waals surface area contributed by atoms with Gasteiger partial charge in [-0.25, -0.2) is 15.0 Å². The van der Waals surface area contributed by atoms with Gasteiger partial charge in [0.15, 0.2) is 6.29 Å². The van der Waals surface area contributed by atoms with E-state index in [2.05, 4.69) is 37.8 Å². The first-order valence-electron chi connectivity index (χ1n) is 3.77. The molecule has 2 aromatic heterocycles. The summed E-state index contributed by atoms with van der Waals surface area (Å²) in [5.74, 6) is 0. The molecule has 0 atom stereocenters. The summed E-state index contributed by atoms with van der Waals surface area (Å²) in [6.45, 7) is 0. The summed E-state index contributed by atoms with van der Waals surface area (Å²) >= 11 is 2.08. The molecule has 0 saturated heterocycles. The first-order valence-corrected chi connectivity index (χ1v) is 4.73. The highest BCUT2D eigenvalue weighted by atomic mass is 127. The minimum absolute atomic E-state index is 0.357. The molecule has 0 aromatic carbocycles. The van der Waals surface area contributed by atoms with Crippen LogP contribution in [0.2, 0.25) is 0 Å². The van der Waals surface area contributed by atoms with Crippen molar-refractivity contribution in [2.45, 2.75) is 0 Å². The molecular weight excluding hydrogens is 295 g/mol. The Balaban J connectivity index is 2.55. The highest BCUT2D eigenvalue weighted by Crippen LogP contribution is 2.18. The van der Waals surface area contributed by atoms with E-state index < -0.39 is 0 Å². The minimum Gasteiger partial charge on any atom is -0.296 e. The van der Waals surface area contributed by atoms with Crippen LogP contribution in [0.1, 0.15) is 10.5 Å². The molecule has 2 rings (SSSR count). The molecule has 0 fully saturated rings. The lowest BCUT2D eigenvalue weighted by Gasteiger charge is -1.97. The average molecular weight is 300 g/mol. The van der Waals surface area contributed by atoms with Crippen molar-refractivity contribution in [2.24, 2.45) is 0 Å². The minimum atomic E-state index is 0.357. The first kappa shape index (κ1) is 9.25. The Labute approximate surface area is 93.7 Å². The second kappa shape index (κ2) is 3.82. The Morgan fingerprint density at radius 2 is 2.29 bits per heavy atom. The number of aldehydes is 1. The molecule has 5 nitrogen and oxygen atoms in total. The van der Waals surface area contributed by atoms with Crippen molar-refractivity contribution in [2.75, 3.05) is 0 Å². The van der Waals surface area contributed by atoms with Gasteiger partial charge in [-0.3, -0.25) is 7.58 Å². The number of carbonyl (C=O) groups excluding carboxylic acids is 1. The topological polar surface area (TPSA) is 60.7 Å². The van der Waals surface area contributed by atoms with Gasteiger partial charge in [0.2, 0.25) is 0 Å². The molecule has 0 saturated carbocycles. The van der Waals surface area contributed by atoms with Gasteiger partial charge in [-0.15, -0.1) is 0 Å². The van der Waals surface area contributed by atoms with Crippen LogP contribution in [0.5, 0.6) is 0 Å². The number of hydrogen-bond donors (Lipinski definition) is 0. The summed E-state index contributed by atoms with van der Waals surface area (Å²) in [5.41, 5.74) is 1.70. The molecule has 0 radical (unpaired) electrons. The van der Waals surface area contributed by atoms with Crippen molar-refractivity contribution in [1.82, 2.24) is 17.7 Å². The number of imidazole rings is 1. The third kappa shape index (κ3) is 1.65. The number of rotatable bonds is 2. The van der Waals surface area contributed by atoms with E-state index in [0.29, 0.717) is 23.2 Å². The van der Waals surface area contributed by atoms with E-state index in [1.165, 1.54) is 6.33 Å². The zero-order valence-corrected chi connectivity index (χ0v) is 9.12. The summed E-state index contributed by atoms with van der Waals surface area (Å²) in [7, 11) is 0. The molecular formula is C8H5IN4O. The lowest BCUT2D eigenvalue weighted by molar-refractivity contribution is 0.111. The zero-order valence-electron chi connectivity index (χ0n) is 6.96. The fourth-order valence-electron chi connectivity index (χ4n) is 1.07. The maximum Gasteiger partial charge on any atom is 0.169 e. The van der Waals surface area contributed by atoms with Crippen molar-refractivity contribution >= 4 is 29.2 Å². The predicted molar refractivity (Wildman–Crippen MR) is 58.1 cm³/mol. The molecule has 0 amide bonds. The number of halogens is 1. The number of aromatic nitrogens is 4. The molecule has 0 aliphatic carbocycles. The molecule has 2 aromatic rings. The maximum absolute atomic E-state index is 10.7. The van der Waals surface area contributed by atoms with Gasteiger partial charge >= 0.3 is 0 Å². The summed E-state index contributed by atoms with van der Waals surface area (Å²) in [6, 6.07) is 0. The molecule has 70 valence electrons. The van der Waals surface area contributed by atoms with E-state index in [-0.39, 0.29) is 0 Å². The Hall–Kier alpha value is -1.31. The molecule has 14 heavy (non-hydrogen) atoms. The van der Waals surface area contributed by atoms with Crippen molar-refractivity contribution < 1.29 is 4.79 Å². The van der Waals surface area contributed by atoms with Crippen LogP contribution in [0.4, 0.5) is 0 Å². The van der Waals surface area contributed by atoms with Gasteiger partial charge < -0.3 is 0 Å². The van der Waals surface area contributed by atoms with E-state index in [1.807, 2.05) is 0 Å². The summed E-state index contributed by atoms with van der Waals surface area (Å²) < 4.78 is 1.77. The van der Waals surface area contributed by atoms with Crippen LogP contribution in [0.25, 0.3) is 11.3 Å². The third-order valence-corrected chi connectivity index (χ3v) is 2.21. The SMILES string of the molecule is O=Cc1ncncc1-c1cn(I)cn1. The third-order valence-electron chi connectivity index (χ3n) is 1.68. The van der Waals surface area contributed by atoms with Crippen LogP contribution in [0, 0.1) is 0 Å². The second-order valence-corrected chi connectivity index (χ2v) is 3.66. The lowest BCUT2D eigenvalue weighted by Crippen LogP contribution is -1.93. The van der Waals surface area contributed by atoms with Gasteiger partial charge in [0.1, 0.15) is 18.3 Å². The summed E-state index contributed by atoms with van der Waals surface area (Å²) in [6.07, 6.45) is 7.07. The molecule has 0 aliphatic heterocycles. The summed E-state index contributed by atoms with van der Waals surface area (Å²) in [5, 5.41) is 0. The van der Waals surface area contributed by atoms with E-state index in [0.717, 1.165) is 0 Å². The van der Waals surface area contributed by atoms with E-state index in [4.69, 9.17) is 0 Å². The molecule has 0 spiro atoms. The molecule has 6 heteroatoms. The van der Waals surface area contributed by atoms with E-state index >= 15 is 0 Å². The Morgan fingerprint density at radius 3 is 2.93 bits per heavy atom. The van der Waals surface area contributed by atoms with E-state index in [9.17, 15) is 4.79 Å². The average Bonchev–Trinajstić information content (AvgIpc) is 2.65. The lowest BCUT2D eigenvalue weighted by atomic mass is 10.2. The molecule has 0 unspecified atom stereocenters. The Bertz CT molecular complexity index is 468. The highest BCUT2D eigenvalue weighted by Gasteiger charge is 2.07. The monoisotopic (exact) mass is 300 g/mol. The van der Waals surface area contributed by atoms with Crippen LogP contribution >= 0.6 is 22.9 Å². The number of nitrogens with zero attached hydrogens (tertiary/aromatic N) is 4.